The SMILES string of the molecule is CC(C)n1cnc2ccc(NC(=O)CCCCCn3nnc4ccccc4c3=O)cc2c1=O. The Bertz CT molecular complexity index is 1420. The van der Waals surface area contributed by atoms with Gasteiger partial charge in [0.15, 0.2) is 0 Å². The summed E-state index contributed by atoms with van der Waals surface area (Å²) in [6.07, 6.45) is 4.06. The first kappa shape index (κ1) is 22.3. The molecule has 0 atom stereocenters. The number of anilines is 1. The van der Waals surface area contributed by atoms with Crippen LogP contribution in [-0.2, 0) is 11.3 Å². The van der Waals surface area contributed by atoms with E-state index >= 15 is 0 Å². The Hall–Kier alpha value is -3.88. The summed E-state index contributed by atoms with van der Waals surface area (Å²) in [5.74, 6) is -0.120. The Morgan fingerprint density at radius 2 is 1.79 bits per heavy atom. The van der Waals surface area contributed by atoms with E-state index in [4.69, 9.17) is 0 Å². The smallest absolute Gasteiger partial charge is 0.277 e. The summed E-state index contributed by atoms with van der Waals surface area (Å²) in [5.41, 5.74) is 1.48. The fraction of sp³-hybridized carbons (Fsp3) is 0.333. The number of hydrogen-bond donors (Lipinski definition) is 1. The second-order valence-electron chi connectivity index (χ2n) is 8.28. The number of benzene rings is 2. The van der Waals surface area contributed by atoms with Crippen molar-refractivity contribution in [2.75, 3.05) is 5.32 Å². The molecule has 1 amide bonds. The van der Waals surface area contributed by atoms with Gasteiger partial charge in [0, 0.05) is 24.7 Å². The quantitative estimate of drug-likeness (QED) is 0.416. The normalized spacial score (nSPS) is 11.4. The van der Waals surface area contributed by atoms with Crippen LogP contribution in [0, 0.1) is 0 Å². The summed E-state index contributed by atoms with van der Waals surface area (Å²) in [6, 6.07) is 12.3. The fourth-order valence-electron chi connectivity index (χ4n) is 3.70. The molecule has 9 nitrogen and oxygen atoms in total. The van der Waals surface area contributed by atoms with Crippen LogP contribution in [0.4, 0.5) is 5.69 Å². The van der Waals surface area contributed by atoms with Crippen molar-refractivity contribution in [1.82, 2.24) is 24.5 Å². The highest BCUT2D eigenvalue weighted by Crippen LogP contribution is 2.16. The molecular formula is C24H26N6O3. The number of carbonyl (C=O) groups is 1. The lowest BCUT2D eigenvalue weighted by Crippen LogP contribution is -2.24. The van der Waals surface area contributed by atoms with Gasteiger partial charge < -0.3 is 5.32 Å². The average molecular weight is 447 g/mol. The van der Waals surface area contributed by atoms with Gasteiger partial charge in [-0.15, -0.1) is 5.10 Å². The van der Waals surface area contributed by atoms with Crippen LogP contribution in [0.5, 0.6) is 0 Å². The summed E-state index contributed by atoms with van der Waals surface area (Å²) >= 11 is 0. The maximum Gasteiger partial charge on any atom is 0.277 e. The third kappa shape index (κ3) is 4.97. The lowest BCUT2D eigenvalue weighted by atomic mass is 10.1. The van der Waals surface area contributed by atoms with Gasteiger partial charge in [-0.25, -0.2) is 9.67 Å². The number of carbonyl (C=O) groups excluding carboxylic acids is 1. The molecule has 2 aromatic carbocycles. The van der Waals surface area contributed by atoms with Gasteiger partial charge in [0.1, 0.15) is 5.52 Å². The van der Waals surface area contributed by atoms with Crippen LogP contribution in [0.25, 0.3) is 21.8 Å². The zero-order valence-electron chi connectivity index (χ0n) is 18.7. The number of nitrogens with zero attached hydrogens (tertiary/aromatic N) is 5. The molecule has 0 aliphatic heterocycles. The third-order valence-corrected chi connectivity index (χ3v) is 5.53. The molecular weight excluding hydrogens is 420 g/mol. The van der Waals surface area contributed by atoms with Crippen molar-refractivity contribution in [2.45, 2.75) is 52.1 Å². The van der Waals surface area contributed by atoms with E-state index in [1.54, 1.807) is 47.3 Å². The highest BCUT2D eigenvalue weighted by Gasteiger charge is 2.09. The van der Waals surface area contributed by atoms with Crippen LogP contribution < -0.4 is 16.4 Å². The molecule has 0 saturated carbocycles. The molecule has 2 aromatic heterocycles. The van der Waals surface area contributed by atoms with Gasteiger partial charge in [-0.2, -0.15) is 0 Å². The summed E-state index contributed by atoms with van der Waals surface area (Å²) < 4.78 is 2.94. The van der Waals surface area contributed by atoms with E-state index in [-0.39, 0.29) is 23.1 Å². The highest BCUT2D eigenvalue weighted by molar-refractivity contribution is 5.93. The molecule has 0 spiro atoms. The summed E-state index contributed by atoms with van der Waals surface area (Å²) in [5, 5.41) is 12.0. The van der Waals surface area contributed by atoms with Gasteiger partial charge in [0.2, 0.25) is 5.91 Å². The Balaban J connectivity index is 1.30. The van der Waals surface area contributed by atoms with Crippen LogP contribution in [0.3, 0.4) is 0 Å². The van der Waals surface area contributed by atoms with Gasteiger partial charge in [-0.05, 0) is 57.0 Å². The number of aromatic nitrogens is 5. The minimum absolute atomic E-state index is 0.00379. The maximum absolute atomic E-state index is 12.6. The molecule has 0 aliphatic carbocycles. The second-order valence-corrected chi connectivity index (χ2v) is 8.28. The minimum atomic E-state index is -0.152. The van der Waals surface area contributed by atoms with Crippen molar-refractivity contribution in [3.8, 4) is 0 Å². The van der Waals surface area contributed by atoms with E-state index < -0.39 is 0 Å². The molecule has 0 bridgehead atoms. The van der Waals surface area contributed by atoms with Crippen molar-refractivity contribution < 1.29 is 4.79 Å². The minimum Gasteiger partial charge on any atom is -0.326 e. The first-order valence-electron chi connectivity index (χ1n) is 11.1. The van der Waals surface area contributed by atoms with Gasteiger partial charge in [-0.1, -0.05) is 23.8 Å². The second kappa shape index (κ2) is 9.72. The van der Waals surface area contributed by atoms with Crippen LogP contribution in [0.1, 0.15) is 45.6 Å². The number of rotatable bonds is 8. The van der Waals surface area contributed by atoms with Crippen molar-refractivity contribution in [3.63, 3.8) is 0 Å². The largest absolute Gasteiger partial charge is 0.326 e. The van der Waals surface area contributed by atoms with E-state index in [1.165, 1.54) is 4.68 Å². The molecule has 33 heavy (non-hydrogen) atoms. The number of nitrogens with one attached hydrogen (secondary N) is 1. The summed E-state index contributed by atoms with van der Waals surface area (Å²) in [4.78, 5) is 41.8. The third-order valence-electron chi connectivity index (χ3n) is 5.53. The van der Waals surface area contributed by atoms with E-state index in [0.29, 0.717) is 46.9 Å². The Morgan fingerprint density at radius 3 is 2.61 bits per heavy atom. The zero-order chi connectivity index (χ0) is 23.4. The molecule has 0 saturated heterocycles. The topological polar surface area (TPSA) is 112 Å². The van der Waals surface area contributed by atoms with E-state index in [9.17, 15) is 14.4 Å². The van der Waals surface area contributed by atoms with Crippen LogP contribution in [0.2, 0.25) is 0 Å². The van der Waals surface area contributed by atoms with Crippen LogP contribution in [-0.4, -0.2) is 30.5 Å². The standard InChI is InChI=1S/C24H26N6O3/c1-16(2)29-15-25-20-12-11-17(14-19(20)23(29)32)26-22(31)10-4-3-7-13-30-24(33)18-8-5-6-9-21(18)27-28-30/h5-6,8-9,11-12,14-16H,3-4,7,10,13H2,1-2H3,(H,26,31). The lowest BCUT2D eigenvalue weighted by Gasteiger charge is -2.11. The van der Waals surface area contributed by atoms with Gasteiger partial charge >= 0.3 is 0 Å². The lowest BCUT2D eigenvalue weighted by molar-refractivity contribution is -0.116. The summed E-state index contributed by atoms with van der Waals surface area (Å²) in [6.45, 7) is 4.30. The molecule has 9 heteroatoms. The first-order valence-corrected chi connectivity index (χ1v) is 11.1. The average Bonchev–Trinajstić information content (AvgIpc) is 2.80. The first-order chi connectivity index (χ1) is 15.9. The maximum atomic E-state index is 12.6. The number of amides is 1. The van der Waals surface area contributed by atoms with E-state index in [2.05, 4.69) is 20.6 Å². The monoisotopic (exact) mass is 446 g/mol. The number of aryl methyl sites for hydroxylation is 1. The summed E-state index contributed by atoms with van der Waals surface area (Å²) in [7, 11) is 0. The van der Waals surface area contributed by atoms with Crippen LogP contribution in [0.15, 0.2) is 58.4 Å². The van der Waals surface area contributed by atoms with E-state index in [1.807, 2.05) is 19.9 Å². The predicted molar refractivity (Wildman–Crippen MR) is 127 cm³/mol. The highest BCUT2D eigenvalue weighted by atomic mass is 16.2. The molecule has 4 rings (SSSR count). The molecule has 0 fully saturated rings. The molecule has 2 heterocycles. The van der Waals surface area contributed by atoms with Gasteiger partial charge in [0.25, 0.3) is 11.1 Å². The van der Waals surface area contributed by atoms with E-state index in [0.717, 1.165) is 12.8 Å². The number of fused-ring (bicyclic) bond motifs is 2. The molecule has 0 unspecified atom stereocenters. The zero-order valence-corrected chi connectivity index (χ0v) is 18.7. The van der Waals surface area contributed by atoms with Crippen LogP contribution >= 0.6 is 0 Å². The Morgan fingerprint density at radius 1 is 0.970 bits per heavy atom. The van der Waals surface area contributed by atoms with Gasteiger partial charge in [0.05, 0.1) is 22.6 Å². The van der Waals surface area contributed by atoms with Crippen molar-refractivity contribution in [2.24, 2.45) is 0 Å². The predicted octanol–water partition coefficient (Wildman–Crippen LogP) is 3.28. The van der Waals surface area contributed by atoms with Crippen molar-refractivity contribution in [3.05, 3.63) is 69.5 Å². The number of unbranched alkanes of at least 4 members (excludes halogenated alkanes) is 2. The number of hydrogen-bond acceptors (Lipinski definition) is 6. The van der Waals surface area contributed by atoms with Gasteiger partial charge in [-0.3, -0.25) is 19.0 Å². The fourth-order valence-corrected chi connectivity index (χ4v) is 3.70. The Kier molecular flexibility index (Phi) is 6.58. The molecule has 0 aliphatic rings. The molecule has 0 radical (unpaired) electrons. The molecule has 4 aromatic rings. The van der Waals surface area contributed by atoms with Crippen molar-refractivity contribution >= 4 is 33.4 Å². The Labute approximate surface area is 190 Å². The molecule has 1 N–H and O–H groups in total. The molecule has 170 valence electrons. The van der Waals surface area contributed by atoms with Crippen molar-refractivity contribution in [1.29, 1.82) is 0 Å².